The lowest BCUT2D eigenvalue weighted by molar-refractivity contribution is -0.166. The van der Waals surface area contributed by atoms with Crippen molar-refractivity contribution in [1.82, 2.24) is 0 Å². The fraction of sp³-hybridized carbons (Fsp3) is 0.625. The zero-order valence-corrected chi connectivity index (χ0v) is 7.81. The maximum atomic E-state index is 11.0. The molecule has 6 nitrogen and oxygen atoms in total. The summed E-state index contributed by atoms with van der Waals surface area (Å²) in [5.41, 5.74) is 0. The molecule has 1 aliphatic heterocycles. The first-order valence-electron chi connectivity index (χ1n) is 4.02. The third kappa shape index (κ3) is 2.45. The average Bonchev–Trinajstić information content (AvgIpc) is 2.34. The molecule has 0 aliphatic carbocycles. The summed E-state index contributed by atoms with van der Waals surface area (Å²) in [6.07, 6.45) is -1.96. The molecule has 0 amide bonds. The van der Waals surface area contributed by atoms with Crippen LogP contribution in [-0.2, 0) is 28.6 Å². The zero-order chi connectivity index (χ0) is 10.7. The minimum atomic E-state index is -1.13. The summed E-state index contributed by atoms with van der Waals surface area (Å²) in [4.78, 5) is 32.2. The molecule has 1 aliphatic rings. The van der Waals surface area contributed by atoms with Gasteiger partial charge in [-0.2, -0.15) is 0 Å². The standard InChI is InChI=1S/C8H10O6/c1-4(9)13-6-3-12-8(11)7(6)14-5(2)10/h6-7H,3H2,1-2H3/t6-,7+/m0/s1. The van der Waals surface area contributed by atoms with Crippen LogP contribution in [0, 0.1) is 0 Å². The predicted octanol–water partition coefficient (Wildman–Crippen LogP) is -0.593. The molecular weight excluding hydrogens is 192 g/mol. The van der Waals surface area contributed by atoms with E-state index >= 15 is 0 Å². The van der Waals surface area contributed by atoms with Crippen LogP contribution >= 0.6 is 0 Å². The highest BCUT2D eigenvalue weighted by atomic mass is 16.6. The third-order valence-corrected chi connectivity index (χ3v) is 1.57. The lowest BCUT2D eigenvalue weighted by Crippen LogP contribution is -2.35. The lowest BCUT2D eigenvalue weighted by atomic mass is 10.2. The fourth-order valence-corrected chi connectivity index (χ4v) is 1.10. The smallest absolute Gasteiger partial charge is 0.351 e. The van der Waals surface area contributed by atoms with Gasteiger partial charge in [-0.3, -0.25) is 9.59 Å². The van der Waals surface area contributed by atoms with Crippen LogP contribution in [0.5, 0.6) is 0 Å². The van der Waals surface area contributed by atoms with Crippen molar-refractivity contribution < 1.29 is 28.6 Å². The first-order chi connectivity index (χ1) is 6.50. The molecule has 0 aromatic heterocycles. The minimum absolute atomic E-state index is 0.0731. The van der Waals surface area contributed by atoms with Gasteiger partial charge in [-0.1, -0.05) is 0 Å². The van der Waals surface area contributed by atoms with Crippen LogP contribution in [0.3, 0.4) is 0 Å². The van der Waals surface area contributed by atoms with Crippen molar-refractivity contribution in [3.63, 3.8) is 0 Å². The second-order valence-corrected chi connectivity index (χ2v) is 2.81. The fourth-order valence-electron chi connectivity index (χ4n) is 1.10. The summed E-state index contributed by atoms with van der Waals surface area (Å²) in [7, 11) is 0. The van der Waals surface area contributed by atoms with Crippen molar-refractivity contribution in [2.45, 2.75) is 26.1 Å². The Morgan fingerprint density at radius 2 is 1.86 bits per heavy atom. The van der Waals surface area contributed by atoms with Gasteiger partial charge >= 0.3 is 17.9 Å². The van der Waals surface area contributed by atoms with Crippen LogP contribution in [0.15, 0.2) is 0 Å². The Morgan fingerprint density at radius 1 is 1.29 bits per heavy atom. The molecule has 0 aromatic carbocycles. The molecule has 1 heterocycles. The first-order valence-corrected chi connectivity index (χ1v) is 4.02. The van der Waals surface area contributed by atoms with E-state index in [1.165, 1.54) is 6.92 Å². The van der Waals surface area contributed by atoms with E-state index in [0.29, 0.717) is 0 Å². The number of esters is 3. The Hall–Kier alpha value is -1.59. The third-order valence-electron chi connectivity index (χ3n) is 1.57. The largest absolute Gasteiger partial charge is 0.459 e. The normalized spacial score (nSPS) is 25.4. The Morgan fingerprint density at radius 3 is 2.36 bits per heavy atom. The second kappa shape index (κ2) is 4.08. The Kier molecular flexibility index (Phi) is 3.06. The van der Waals surface area contributed by atoms with Crippen LogP contribution in [0.25, 0.3) is 0 Å². The van der Waals surface area contributed by atoms with Crippen molar-refractivity contribution in [1.29, 1.82) is 0 Å². The maximum Gasteiger partial charge on any atom is 0.351 e. The van der Waals surface area contributed by atoms with Gasteiger partial charge in [0.1, 0.15) is 6.61 Å². The van der Waals surface area contributed by atoms with E-state index in [4.69, 9.17) is 4.74 Å². The number of hydrogen-bond acceptors (Lipinski definition) is 6. The van der Waals surface area contributed by atoms with Crippen LogP contribution < -0.4 is 0 Å². The summed E-state index contributed by atoms with van der Waals surface area (Å²) >= 11 is 0. The highest BCUT2D eigenvalue weighted by Gasteiger charge is 2.42. The van der Waals surface area contributed by atoms with Gasteiger partial charge in [-0.15, -0.1) is 0 Å². The van der Waals surface area contributed by atoms with E-state index in [9.17, 15) is 14.4 Å². The number of carbonyl (C=O) groups is 3. The van der Waals surface area contributed by atoms with Crippen molar-refractivity contribution in [3.8, 4) is 0 Å². The molecule has 14 heavy (non-hydrogen) atoms. The molecular formula is C8H10O6. The quantitative estimate of drug-likeness (QED) is 0.439. The number of ether oxygens (including phenoxy) is 3. The van der Waals surface area contributed by atoms with Gasteiger partial charge in [0.15, 0.2) is 6.10 Å². The molecule has 2 atom stereocenters. The van der Waals surface area contributed by atoms with E-state index in [1.54, 1.807) is 0 Å². The number of rotatable bonds is 2. The Balaban J connectivity index is 2.61. The van der Waals surface area contributed by atoms with E-state index < -0.39 is 30.1 Å². The number of carbonyl (C=O) groups excluding carboxylic acids is 3. The van der Waals surface area contributed by atoms with E-state index in [1.807, 2.05) is 0 Å². The highest BCUT2D eigenvalue weighted by molar-refractivity contribution is 5.81. The van der Waals surface area contributed by atoms with Gasteiger partial charge < -0.3 is 14.2 Å². The van der Waals surface area contributed by atoms with Crippen LogP contribution in [-0.4, -0.2) is 36.7 Å². The van der Waals surface area contributed by atoms with Crippen LogP contribution in [0.1, 0.15) is 13.8 Å². The van der Waals surface area contributed by atoms with Crippen LogP contribution in [0.2, 0.25) is 0 Å². The van der Waals surface area contributed by atoms with E-state index in [-0.39, 0.29) is 6.61 Å². The Labute approximate surface area is 80.1 Å². The molecule has 0 aromatic rings. The molecule has 0 N–H and O–H groups in total. The van der Waals surface area contributed by atoms with Crippen LogP contribution in [0.4, 0.5) is 0 Å². The summed E-state index contributed by atoms with van der Waals surface area (Å²) in [6.45, 7) is 2.29. The highest BCUT2D eigenvalue weighted by Crippen LogP contribution is 2.15. The molecule has 78 valence electrons. The zero-order valence-electron chi connectivity index (χ0n) is 7.81. The second-order valence-electron chi connectivity index (χ2n) is 2.81. The molecule has 0 radical (unpaired) electrons. The molecule has 0 unspecified atom stereocenters. The lowest BCUT2D eigenvalue weighted by Gasteiger charge is -2.14. The molecule has 6 heteroatoms. The summed E-state index contributed by atoms with van der Waals surface area (Å²) in [6, 6.07) is 0. The molecule has 0 bridgehead atoms. The molecule has 1 rings (SSSR count). The van der Waals surface area contributed by atoms with E-state index in [2.05, 4.69) is 9.47 Å². The van der Waals surface area contributed by atoms with Crippen molar-refractivity contribution in [3.05, 3.63) is 0 Å². The van der Waals surface area contributed by atoms with Crippen molar-refractivity contribution >= 4 is 17.9 Å². The molecule has 0 saturated carbocycles. The van der Waals surface area contributed by atoms with E-state index in [0.717, 1.165) is 6.92 Å². The van der Waals surface area contributed by atoms with Gasteiger partial charge in [0.2, 0.25) is 6.10 Å². The Bertz CT molecular complexity index is 271. The SMILES string of the molecule is CC(=O)O[C@H]1COC(=O)[C@@H]1OC(C)=O. The average molecular weight is 202 g/mol. The summed E-state index contributed by atoms with van der Waals surface area (Å²) in [5, 5.41) is 0. The molecule has 1 saturated heterocycles. The summed E-state index contributed by atoms with van der Waals surface area (Å²) in [5.74, 6) is -1.86. The van der Waals surface area contributed by atoms with Gasteiger partial charge in [-0.05, 0) is 0 Å². The first kappa shape index (κ1) is 10.5. The van der Waals surface area contributed by atoms with Gasteiger partial charge in [0.25, 0.3) is 0 Å². The topological polar surface area (TPSA) is 78.9 Å². The molecule has 0 spiro atoms. The van der Waals surface area contributed by atoms with Gasteiger partial charge in [-0.25, -0.2) is 4.79 Å². The van der Waals surface area contributed by atoms with Crippen molar-refractivity contribution in [2.75, 3.05) is 6.61 Å². The van der Waals surface area contributed by atoms with Crippen molar-refractivity contribution in [2.24, 2.45) is 0 Å². The monoisotopic (exact) mass is 202 g/mol. The number of hydrogen-bond donors (Lipinski definition) is 0. The molecule has 1 fully saturated rings. The summed E-state index contributed by atoms with van der Waals surface area (Å²) < 4.78 is 14.0. The van der Waals surface area contributed by atoms with Gasteiger partial charge in [0, 0.05) is 13.8 Å². The predicted molar refractivity (Wildman–Crippen MR) is 42.1 cm³/mol. The number of cyclic esters (lactones) is 1. The maximum absolute atomic E-state index is 11.0. The van der Waals surface area contributed by atoms with Gasteiger partial charge in [0.05, 0.1) is 0 Å². The minimum Gasteiger partial charge on any atom is -0.459 e.